The molecule has 7 heteroatoms. The predicted octanol–water partition coefficient (Wildman–Crippen LogP) is 3.05. The first-order chi connectivity index (χ1) is 14.5. The zero-order chi connectivity index (χ0) is 21.9. The summed E-state index contributed by atoms with van der Waals surface area (Å²) in [5.41, 5.74) is 2.65. The molecular weight excluding hydrogens is 380 g/mol. The molecule has 0 aliphatic carbocycles. The van der Waals surface area contributed by atoms with Gasteiger partial charge >= 0.3 is 0 Å². The fourth-order valence-corrected chi connectivity index (χ4v) is 3.02. The van der Waals surface area contributed by atoms with Crippen LogP contribution in [0.4, 0.5) is 0 Å². The molecule has 7 nitrogen and oxygen atoms in total. The summed E-state index contributed by atoms with van der Waals surface area (Å²) in [6.07, 6.45) is 0. The second-order valence-electron chi connectivity index (χ2n) is 6.76. The Bertz CT molecular complexity index is 867. The lowest BCUT2D eigenvalue weighted by molar-refractivity contribution is 0.0955. The fraction of sp³-hybridized carbons (Fsp3) is 0.391. The number of methoxy groups -OCH3 is 2. The van der Waals surface area contributed by atoms with Gasteiger partial charge in [0.25, 0.3) is 5.91 Å². The second kappa shape index (κ2) is 11.7. The van der Waals surface area contributed by atoms with Gasteiger partial charge in [-0.05, 0) is 43.7 Å². The van der Waals surface area contributed by atoms with Gasteiger partial charge < -0.3 is 25.0 Å². The third kappa shape index (κ3) is 6.40. The van der Waals surface area contributed by atoms with Crippen molar-refractivity contribution in [1.82, 2.24) is 15.5 Å². The third-order valence-electron chi connectivity index (χ3n) is 4.54. The highest BCUT2D eigenvalue weighted by atomic mass is 16.5. The zero-order valence-electron chi connectivity index (χ0n) is 18.5. The van der Waals surface area contributed by atoms with Crippen molar-refractivity contribution < 1.29 is 14.3 Å². The number of guanidine groups is 1. The van der Waals surface area contributed by atoms with Gasteiger partial charge in [0, 0.05) is 43.9 Å². The number of aliphatic imine (C=N–C) groups is 1. The molecule has 2 N–H and O–H groups in total. The molecule has 30 heavy (non-hydrogen) atoms. The third-order valence-corrected chi connectivity index (χ3v) is 4.54. The van der Waals surface area contributed by atoms with E-state index in [2.05, 4.69) is 10.6 Å². The van der Waals surface area contributed by atoms with Crippen molar-refractivity contribution in [3.63, 3.8) is 0 Å². The van der Waals surface area contributed by atoms with Crippen LogP contribution in [0.3, 0.4) is 0 Å². The van der Waals surface area contributed by atoms with Crippen LogP contribution < -0.4 is 20.1 Å². The van der Waals surface area contributed by atoms with E-state index in [1.165, 1.54) is 0 Å². The van der Waals surface area contributed by atoms with Crippen LogP contribution in [0.2, 0.25) is 0 Å². The quantitative estimate of drug-likeness (QED) is 0.489. The lowest BCUT2D eigenvalue weighted by Gasteiger charge is -2.23. The largest absolute Gasteiger partial charge is 0.497 e. The van der Waals surface area contributed by atoms with Crippen LogP contribution in [-0.2, 0) is 13.1 Å². The minimum Gasteiger partial charge on any atom is -0.497 e. The van der Waals surface area contributed by atoms with Crippen molar-refractivity contribution in [2.75, 3.05) is 34.4 Å². The molecule has 0 bridgehead atoms. The van der Waals surface area contributed by atoms with Crippen molar-refractivity contribution in [2.45, 2.75) is 26.9 Å². The van der Waals surface area contributed by atoms with E-state index in [9.17, 15) is 4.79 Å². The number of amides is 1. The molecule has 0 aliphatic rings. The molecule has 0 aliphatic heterocycles. The number of benzene rings is 2. The Morgan fingerprint density at radius 1 is 1.03 bits per heavy atom. The SMILES string of the molecule is CCNC(=O)c1cccc(CN=C(NCC)N(C)Cc2ccc(OC)cc2OC)c1. The maximum absolute atomic E-state index is 12.1. The Morgan fingerprint density at radius 3 is 2.47 bits per heavy atom. The van der Waals surface area contributed by atoms with Crippen LogP contribution in [-0.4, -0.2) is 51.1 Å². The summed E-state index contributed by atoms with van der Waals surface area (Å²) in [5, 5.41) is 6.14. The topological polar surface area (TPSA) is 75.2 Å². The molecule has 0 saturated heterocycles. The van der Waals surface area contributed by atoms with Crippen molar-refractivity contribution in [1.29, 1.82) is 0 Å². The Labute approximate surface area is 179 Å². The minimum atomic E-state index is -0.0704. The molecule has 162 valence electrons. The van der Waals surface area contributed by atoms with Crippen LogP contribution in [0, 0.1) is 0 Å². The number of carbonyl (C=O) groups excluding carboxylic acids is 1. The summed E-state index contributed by atoms with van der Waals surface area (Å²) in [4.78, 5) is 18.9. The fourth-order valence-electron chi connectivity index (χ4n) is 3.02. The Kier molecular flexibility index (Phi) is 9.00. The maximum atomic E-state index is 12.1. The molecule has 0 saturated carbocycles. The average molecular weight is 413 g/mol. The minimum absolute atomic E-state index is 0.0704. The van der Waals surface area contributed by atoms with Gasteiger partial charge in [0.2, 0.25) is 0 Å². The zero-order valence-corrected chi connectivity index (χ0v) is 18.5. The van der Waals surface area contributed by atoms with Crippen LogP contribution in [0.25, 0.3) is 0 Å². The summed E-state index contributed by atoms with van der Waals surface area (Å²) in [6.45, 7) is 6.39. The molecule has 0 aromatic heterocycles. The van der Waals surface area contributed by atoms with Gasteiger partial charge in [0.15, 0.2) is 5.96 Å². The van der Waals surface area contributed by atoms with E-state index < -0.39 is 0 Å². The molecule has 0 spiro atoms. The van der Waals surface area contributed by atoms with E-state index >= 15 is 0 Å². The summed E-state index contributed by atoms with van der Waals surface area (Å²) in [6, 6.07) is 13.3. The van der Waals surface area contributed by atoms with Gasteiger partial charge in [0.05, 0.1) is 20.8 Å². The number of nitrogens with zero attached hydrogens (tertiary/aromatic N) is 2. The Hall–Kier alpha value is -3.22. The Balaban J connectivity index is 2.16. The summed E-state index contributed by atoms with van der Waals surface area (Å²) in [5.74, 6) is 2.23. The number of carbonyl (C=O) groups is 1. The van der Waals surface area contributed by atoms with Crippen LogP contribution in [0.15, 0.2) is 47.5 Å². The van der Waals surface area contributed by atoms with Crippen molar-refractivity contribution in [3.05, 3.63) is 59.2 Å². The molecule has 0 fully saturated rings. The average Bonchev–Trinajstić information content (AvgIpc) is 2.77. The summed E-state index contributed by atoms with van der Waals surface area (Å²) >= 11 is 0. The molecule has 0 unspecified atom stereocenters. The molecule has 1 amide bonds. The van der Waals surface area contributed by atoms with E-state index in [0.717, 1.165) is 35.1 Å². The normalized spacial score (nSPS) is 11.0. The highest BCUT2D eigenvalue weighted by Crippen LogP contribution is 2.25. The standard InChI is InChI=1S/C23H32N4O3/c1-6-24-22(28)18-10-8-9-17(13-18)15-26-23(25-7-2)27(3)16-19-11-12-20(29-4)14-21(19)30-5/h8-14H,6-7,15-16H2,1-5H3,(H,24,28)(H,25,26). The van der Waals surface area contributed by atoms with E-state index in [1.807, 2.05) is 68.3 Å². The molecule has 2 aromatic rings. The van der Waals surface area contributed by atoms with Gasteiger partial charge in [-0.1, -0.05) is 12.1 Å². The first-order valence-electron chi connectivity index (χ1n) is 10.1. The predicted molar refractivity (Wildman–Crippen MR) is 120 cm³/mol. The van der Waals surface area contributed by atoms with Gasteiger partial charge in [-0.3, -0.25) is 4.79 Å². The van der Waals surface area contributed by atoms with Gasteiger partial charge in [-0.2, -0.15) is 0 Å². The van der Waals surface area contributed by atoms with Crippen molar-refractivity contribution in [2.24, 2.45) is 4.99 Å². The molecule has 0 atom stereocenters. The smallest absolute Gasteiger partial charge is 0.251 e. The molecular formula is C23H32N4O3. The highest BCUT2D eigenvalue weighted by Gasteiger charge is 2.12. The number of ether oxygens (including phenoxy) is 2. The van der Waals surface area contributed by atoms with Crippen LogP contribution in [0.1, 0.15) is 35.3 Å². The van der Waals surface area contributed by atoms with Crippen molar-refractivity contribution in [3.8, 4) is 11.5 Å². The second-order valence-corrected chi connectivity index (χ2v) is 6.76. The van der Waals surface area contributed by atoms with E-state index in [4.69, 9.17) is 14.5 Å². The van der Waals surface area contributed by atoms with Crippen molar-refractivity contribution >= 4 is 11.9 Å². The van der Waals surface area contributed by atoms with Gasteiger partial charge in [-0.25, -0.2) is 4.99 Å². The first-order valence-corrected chi connectivity index (χ1v) is 10.1. The highest BCUT2D eigenvalue weighted by molar-refractivity contribution is 5.94. The maximum Gasteiger partial charge on any atom is 0.251 e. The van der Waals surface area contributed by atoms with Gasteiger partial charge in [0.1, 0.15) is 11.5 Å². The van der Waals surface area contributed by atoms with E-state index in [0.29, 0.717) is 25.2 Å². The van der Waals surface area contributed by atoms with E-state index in [-0.39, 0.29) is 5.91 Å². The number of hydrogen-bond donors (Lipinski definition) is 2. The summed E-state index contributed by atoms with van der Waals surface area (Å²) in [7, 11) is 5.27. The molecule has 0 radical (unpaired) electrons. The molecule has 2 aromatic carbocycles. The molecule has 0 heterocycles. The number of nitrogens with one attached hydrogen (secondary N) is 2. The van der Waals surface area contributed by atoms with Gasteiger partial charge in [-0.15, -0.1) is 0 Å². The Morgan fingerprint density at radius 2 is 1.80 bits per heavy atom. The number of hydrogen-bond acceptors (Lipinski definition) is 4. The van der Waals surface area contributed by atoms with Crippen LogP contribution >= 0.6 is 0 Å². The van der Waals surface area contributed by atoms with Crippen LogP contribution in [0.5, 0.6) is 11.5 Å². The monoisotopic (exact) mass is 412 g/mol. The number of rotatable bonds is 9. The molecule has 2 rings (SSSR count). The lowest BCUT2D eigenvalue weighted by atomic mass is 10.1. The lowest BCUT2D eigenvalue weighted by Crippen LogP contribution is -2.38. The summed E-state index contributed by atoms with van der Waals surface area (Å²) < 4.78 is 10.8. The first kappa shape index (κ1) is 23.1. The van der Waals surface area contributed by atoms with E-state index in [1.54, 1.807) is 14.2 Å².